The number of nitrogens with zero attached hydrogens (tertiary/aromatic N) is 1. The molecular formula is C8H11NO2. The van der Waals surface area contributed by atoms with Crippen molar-refractivity contribution in [1.29, 1.82) is 0 Å². The van der Waals surface area contributed by atoms with Crippen molar-refractivity contribution in [2.75, 3.05) is 13.2 Å². The quantitative estimate of drug-likeness (QED) is 0.545. The maximum atomic E-state index is 9.52. The maximum Gasteiger partial charge on any atom is 0.103 e. The Morgan fingerprint density at radius 2 is 2.55 bits per heavy atom. The number of ether oxygens (including phenoxy) is 1. The zero-order valence-electron chi connectivity index (χ0n) is 6.23. The second-order valence-corrected chi connectivity index (χ2v) is 2.89. The molecule has 11 heavy (non-hydrogen) atoms. The van der Waals surface area contributed by atoms with Crippen molar-refractivity contribution in [1.82, 2.24) is 0 Å². The minimum Gasteiger partial charge on any atom is -0.497 e. The van der Waals surface area contributed by atoms with Gasteiger partial charge in [-0.05, 0) is 12.5 Å². The molecule has 3 nitrogen and oxygen atoms in total. The molecule has 1 N–H and O–H groups in total. The van der Waals surface area contributed by atoms with E-state index >= 15 is 0 Å². The minimum absolute atomic E-state index is 0.192. The summed E-state index contributed by atoms with van der Waals surface area (Å²) in [6.45, 7) is 1.25. The molecule has 2 unspecified atom stereocenters. The molecule has 2 atom stereocenters. The lowest BCUT2D eigenvalue weighted by molar-refractivity contribution is 0.130. The van der Waals surface area contributed by atoms with Crippen LogP contribution in [-0.2, 0) is 4.74 Å². The van der Waals surface area contributed by atoms with Crippen molar-refractivity contribution in [3.05, 3.63) is 11.8 Å². The summed E-state index contributed by atoms with van der Waals surface area (Å²) in [7, 11) is 0. The lowest BCUT2D eigenvalue weighted by atomic mass is 9.99. The SMILES string of the molecule is OC1CN=CC=C2OCCC21. The molecule has 0 amide bonds. The Balaban J connectivity index is 2.22. The van der Waals surface area contributed by atoms with Crippen LogP contribution >= 0.6 is 0 Å². The van der Waals surface area contributed by atoms with Gasteiger partial charge in [-0.1, -0.05) is 0 Å². The highest BCUT2D eigenvalue weighted by Gasteiger charge is 2.29. The summed E-state index contributed by atoms with van der Waals surface area (Å²) in [6, 6.07) is 0. The first-order valence-electron chi connectivity index (χ1n) is 3.89. The number of aliphatic imine (C=N–C) groups is 1. The lowest BCUT2D eigenvalue weighted by Gasteiger charge is -2.12. The monoisotopic (exact) mass is 153 g/mol. The van der Waals surface area contributed by atoms with Crippen molar-refractivity contribution in [3.63, 3.8) is 0 Å². The van der Waals surface area contributed by atoms with Crippen LogP contribution in [0.3, 0.4) is 0 Å². The first-order valence-corrected chi connectivity index (χ1v) is 3.89. The van der Waals surface area contributed by atoms with Gasteiger partial charge >= 0.3 is 0 Å². The normalized spacial score (nSPS) is 35.5. The highest BCUT2D eigenvalue weighted by atomic mass is 16.5. The molecule has 0 aliphatic carbocycles. The minimum atomic E-state index is -0.345. The smallest absolute Gasteiger partial charge is 0.103 e. The summed E-state index contributed by atoms with van der Waals surface area (Å²) >= 11 is 0. The average molecular weight is 153 g/mol. The number of hydrogen-bond donors (Lipinski definition) is 1. The first kappa shape index (κ1) is 6.85. The van der Waals surface area contributed by atoms with Gasteiger partial charge in [0, 0.05) is 12.1 Å². The molecule has 0 aromatic rings. The highest BCUT2D eigenvalue weighted by Crippen LogP contribution is 2.28. The molecule has 0 saturated carbocycles. The van der Waals surface area contributed by atoms with Crippen LogP contribution < -0.4 is 0 Å². The van der Waals surface area contributed by atoms with Crippen molar-refractivity contribution in [2.45, 2.75) is 12.5 Å². The molecule has 0 spiro atoms. The molecule has 2 aliphatic heterocycles. The van der Waals surface area contributed by atoms with Crippen LogP contribution in [0.25, 0.3) is 0 Å². The fourth-order valence-electron chi connectivity index (χ4n) is 1.53. The molecule has 1 saturated heterocycles. The van der Waals surface area contributed by atoms with E-state index in [0.717, 1.165) is 18.8 Å². The maximum absolute atomic E-state index is 9.52. The van der Waals surface area contributed by atoms with Crippen LogP contribution in [0.15, 0.2) is 16.8 Å². The van der Waals surface area contributed by atoms with Crippen LogP contribution in [0, 0.1) is 5.92 Å². The van der Waals surface area contributed by atoms with Gasteiger partial charge < -0.3 is 9.84 Å². The third-order valence-corrected chi connectivity index (χ3v) is 2.16. The molecule has 0 aromatic heterocycles. The largest absolute Gasteiger partial charge is 0.497 e. The summed E-state index contributed by atoms with van der Waals surface area (Å²) in [5.41, 5.74) is 0. The molecular weight excluding hydrogens is 142 g/mol. The van der Waals surface area contributed by atoms with Crippen LogP contribution in [0.2, 0.25) is 0 Å². The second kappa shape index (κ2) is 2.66. The van der Waals surface area contributed by atoms with Crippen molar-refractivity contribution < 1.29 is 9.84 Å². The predicted octanol–water partition coefficient (Wildman–Crippen LogP) is 0.352. The number of rotatable bonds is 0. The van der Waals surface area contributed by atoms with Crippen LogP contribution in [0.5, 0.6) is 0 Å². The lowest BCUT2D eigenvalue weighted by Crippen LogP contribution is -2.21. The van der Waals surface area contributed by atoms with Gasteiger partial charge in [0.2, 0.25) is 0 Å². The number of hydrogen-bond acceptors (Lipinski definition) is 3. The van der Waals surface area contributed by atoms with E-state index in [4.69, 9.17) is 4.74 Å². The zero-order valence-corrected chi connectivity index (χ0v) is 6.23. The van der Waals surface area contributed by atoms with E-state index in [9.17, 15) is 5.11 Å². The van der Waals surface area contributed by atoms with Crippen LogP contribution in [-0.4, -0.2) is 30.6 Å². The van der Waals surface area contributed by atoms with E-state index in [-0.39, 0.29) is 12.0 Å². The number of allylic oxidation sites excluding steroid dienone is 1. The molecule has 60 valence electrons. The van der Waals surface area contributed by atoms with Crippen LogP contribution in [0.1, 0.15) is 6.42 Å². The molecule has 0 aromatic carbocycles. The molecule has 3 heteroatoms. The van der Waals surface area contributed by atoms with Gasteiger partial charge in [0.05, 0.1) is 19.3 Å². The van der Waals surface area contributed by atoms with E-state index in [1.54, 1.807) is 6.21 Å². The van der Waals surface area contributed by atoms with Crippen LogP contribution in [0.4, 0.5) is 0 Å². The number of aliphatic hydroxyl groups is 1. The van der Waals surface area contributed by atoms with E-state index in [0.29, 0.717) is 6.54 Å². The Labute approximate surface area is 65.4 Å². The fourth-order valence-corrected chi connectivity index (χ4v) is 1.53. The third kappa shape index (κ3) is 1.16. The van der Waals surface area contributed by atoms with Gasteiger partial charge in [-0.2, -0.15) is 0 Å². The van der Waals surface area contributed by atoms with Gasteiger partial charge in [-0.15, -0.1) is 0 Å². The zero-order chi connectivity index (χ0) is 7.68. The molecule has 0 bridgehead atoms. The van der Waals surface area contributed by atoms with E-state index in [1.165, 1.54) is 0 Å². The number of aliphatic hydroxyl groups excluding tert-OH is 1. The van der Waals surface area contributed by atoms with E-state index < -0.39 is 0 Å². The van der Waals surface area contributed by atoms with Gasteiger partial charge in [0.15, 0.2) is 0 Å². The third-order valence-electron chi connectivity index (χ3n) is 2.16. The topological polar surface area (TPSA) is 41.8 Å². The standard InChI is InChI=1S/C8H11NO2/c10-7-5-9-3-1-8-6(7)2-4-11-8/h1,3,6-7,10H,2,4-5H2. The molecule has 1 fully saturated rings. The van der Waals surface area contributed by atoms with Crippen molar-refractivity contribution in [3.8, 4) is 0 Å². The first-order chi connectivity index (χ1) is 5.38. The van der Waals surface area contributed by atoms with E-state index in [2.05, 4.69) is 4.99 Å². The van der Waals surface area contributed by atoms with Gasteiger partial charge in [0.25, 0.3) is 0 Å². The molecule has 2 aliphatic rings. The fraction of sp³-hybridized carbons (Fsp3) is 0.625. The Kier molecular flexibility index (Phi) is 1.66. The predicted molar refractivity (Wildman–Crippen MR) is 41.5 cm³/mol. The Morgan fingerprint density at radius 1 is 1.64 bits per heavy atom. The Bertz CT molecular complexity index is 210. The summed E-state index contributed by atoms with van der Waals surface area (Å²) in [6.07, 6.45) is 4.15. The molecule has 2 rings (SSSR count). The summed E-state index contributed by atoms with van der Waals surface area (Å²) in [5.74, 6) is 1.09. The van der Waals surface area contributed by atoms with Gasteiger partial charge in [0.1, 0.15) is 5.76 Å². The van der Waals surface area contributed by atoms with Gasteiger partial charge in [-0.25, -0.2) is 0 Å². The highest BCUT2D eigenvalue weighted by molar-refractivity contribution is 5.72. The van der Waals surface area contributed by atoms with Crippen molar-refractivity contribution in [2.24, 2.45) is 10.9 Å². The van der Waals surface area contributed by atoms with Crippen molar-refractivity contribution >= 4 is 6.21 Å². The molecule has 0 radical (unpaired) electrons. The average Bonchev–Trinajstić information content (AvgIpc) is 2.40. The Hall–Kier alpha value is -0.830. The summed E-state index contributed by atoms with van der Waals surface area (Å²) in [5, 5.41) is 9.52. The Morgan fingerprint density at radius 3 is 3.45 bits per heavy atom. The summed E-state index contributed by atoms with van der Waals surface area (Å²) in [4.78, 5) is 4.00. The van der Waals surface area contributed by atoms with E-state index in [1.807, 2.05) is 6.08 Å². The molecule has 2 heterocycles. The summed E-state index contributed by atoms with van der Waals surface area (Å²) < 4.78 is 5.32. The second-order valence-electron chi connectivity index (χ2n) is 2.89. The number of fused-ring (bicyclic) bond motifs is 1. The van der Waals surface area contributed by atoms with Gasteiger partial charge in [-0.3, -0.25) is 4.99 Å².